The van der Waals surface area contributed by atoms with E-state index in [1.54, 1.807) is 25.3 Å². The molecule has 2 atom stereocenters. The fraction of sp³-hybridized carbons (Fsp3) is 0.571. The van der Waals surface area contributed by atoms with E-state index in [2.05, 4.69) is 10.0 Å². The van der Waals surface area contributed by atoms with Gasteiger partial charge < -0.3 is 10.1 Å². The molecule has 2 N–H and O–H groups in total. The van der Waals surface area contributed by atoms with Crippen molar-refractivity contribution in [3.05, 3.63) is 24.3 Å². The number of benzene rings is 1. The van der Waals surface area contributed by atoms with Crippen LogP contribution >= 0.6 is 0 Å². The van der Waals surface area contributed by atoms with Crippen LogP contribution in [0.3, 0.4) is 0 Å². The predicted molar refractivity (Wildman–Crippen MR) is 79.4 cm³/mol. The molecule has 6 heteroatoms. The lowest BCUT2D eigenvalue weighted by Crippen LogP contribution is -2.38. The molecule has 1 aromatic carbocycles. The standard InChI is InChI=1S/C14H22N2O3S/c1-15-20(17,18)14-10-6-4-8-12(14)16-11-7-3-5-9-13(11)19-2/h4,6,8,10-11,13,15-16H,3,5,7,9H2,1-2H3. The molecule has 2 unspecified atom stereocenters. The quantitative estimate of drug-likeness (QED) is 0.872. The molecule has 1 aliphatic carbocycles. The van der Waals surface area contributed by atoms with Gasteiger partial charge in [0.25, 0.3) is 0 Å². The molecule has 0 radical (unpaired) electrons. The highest BCUT2D eigenvalue weighted by Gasteiger charge is 2.26. The topological polar surface area (TPSA) is 67.4 Å². The van der Waals surface area contributed by atoms with Crippen molar-refractivity contribution in [2.75, 3.05) is 19.5 Å². The van der Waals surface area contributed by atoms with Crippen LogP contribution in [0.15, 0.2) is 29.2 Å². The Morgan fingerprint density at radius 2 is 1.90 bits per heavy atom. The highest BCUT2D eigenvalue weighted by molar-refractivity contribution is 7.89. The van der Waals surface area contributed by atoms with Crippen LogP contribution in [0.4, 0.5) is 5.69 Å². The second kappa shape index (κ2) is 6.56. The number of ether oxygens (including phenoxy) is 1. The van der Waals surface area contributed by atoms with E-state index in [0.29, 0.717) is 5.69 Å². The lowest BCUT2D eigenvalue weighted by Gasteiger charge is -2.32. The van der Waals surface area contributed by atoms with E-state index < -0.39 is 10.0 Å². The molecule has 112 valence electrons. The van der Waals surface area contributed by atoms with E-state index in [4.69, 9.17) is 4.74 Å². The lowest BCUT2D eigenvalue weighted by atomic mass is 9.92. The van der Waals surface area contributed by atoms with Crippen LogP contribution in [-0.2, 0) is 14.8 Å². The van der Waals surface area contributed by atoms with Gasteiger partial charge in [0.2, 0.25) is 10.0 Å². The molecule has 5 nitrogen and oxygen atoms in total. The van der Waals surface area contributed by atoms with Gasteiger partial charge in [0.1, 0.15) is 4.90 Å². The first-order valence-electron chi connectivity index (χ1n) is 6.90. The minimum atomic E-state index is -3.46. The van der Waals surface area contributed by atoms with Gasteiger partial charge in [-0.3, -0.25) is 0 Å². The zero-order chi connectivity index (χ0) is 14.6. The number of hydrogen-bond donors (Lipinski definition) is 2. The summed E-state index contributed by atoms with van der Waals surface area (Å²) >= 11 is 0. The molecule has 0 heterocycles. The predicted octanol–water partition coefficient (Wildman–Crippen LogP) is 1.96. The summed E-state index contributed by atoms with van der Waals surface area (Å²) in [6.45, 7) is 0. The van der Waals surface area contributed by atoms with E-state index in [1.807, 2.05) is 6.07 Å². The van der Waals surface area contributed by atoms with Gasteiger partial charge >= 0.3 is 0 Å². The van der Waals surface area contributed by atoms with Crippen molar-refractivity contribution in [2.24, 2.45) is 0 Å². The Kier molecular flexibility index (Phi) is 5.01. The van der Waals surface area contributed by atoms with Gasteiger partial charge in [-0.2, -0.15) is 0 Å². The zero-order valence-corrected chi connectivity index (χ0v) is 12.7. The van der Waals surface area contributed by atoms with Crippen LogP contribution < -0.4 is 10.0 Å². The van der Waals surface area contributed by atoms with Crippen LogP contribution in [0, 0.1) is 0 Å². The molecule has 0 aliphatic heterocycles. The van der Waals surface area contributed by atoms with Crippen molar-refractivity contribution >= 4 is 15.7 Å². The molecular weight excluding hydrogens is 276 g/mol. The van der Waals surface area contributed by atoms with Crippen molar-refractivity contribution in [1.82, 2.24) is 4.72 Å². The highest BCUT2D eigenvalue weighted by Crippen LogP contribution is 2.27. The molecule has 0 saturated heterocycles. The van der Waals surface area contributed by atoms with E-state index in [1.165, 1.54) is 7.05 Å². The summed E-state index contributed by atoms with van der Waals surface area (Å²) in [5.74, 6) is 0. The summed E-state index contributed by atoms with van der Waals surface area (Å²) in [6.07, 6.45) is 4.43. The van der Waals surface area contributed by atoms with Gasteiger partial charge in [-0.05, 0) is 32.0 Å². The Morgan fingerprint density at radius 1 is 1.20 bits per heavy atom. The highest BCUT2D eigenvalue weighted by atomic mass is 32.2. The van der Waals surface area contributed by atoms with Gasteiger partial charge in [0, 0.05) is 7.11 Å². The first-order chi connectivity index (χ1) is 9.58. The molecule has 1 aliphatic rings. The average Bonchev–Trinajstić information content (AvgIpc) is 2.48. The number of methoxy groups -OCH3 is 1. The molecule has 1 fully saturated rings. The van der Waals surface area contributed by atoms with Gasteiger partial charge in [-0.15, -0.1) is 0 Å². The lowest BCUT2D eigenvalue weighted by molar-refractivity contribution is 0.0605. The number of anilines is 1. The minimum absolute atomic E-state index is 0.133. The molecule has 0 bridgehead atoms. The van der Waals surface area contributed by atoms with Crippen molar-refractivity contribution in [2.45, 2.75) is 42.7 Å². The molecule has 1 saturated carbocycles. The number of para-hydroxylation sites is 1. The minimum Gasteiger partial charge on any atom is -0.379 e. The van der Waals surface area contributed by atoms with Crippen molar-refractivity contribution < 1.29 is 13.2 Å². The first-order valence-corrected chi connectivity index (χ1v) is 8.38. The summed E-state index contributed by atoms with van der Waals surface area (Å²) in [5, 5.41) is 3.35. The Balaban J connectivity index is 2.25. The molecule has 0 spiro atoms. The van der Waals surface area contributed by atoms with Crippen molar-refractivity contribution in [3.8, 4) is 0 Å². The molecule has 2 rings (SSSR count). The maximum absolute atomic E-state index is 12.0. The van der Waals surface area contributed by atoms with Gasteiger partial charge in [-0.1, -0.05) is 25.0 Å². The van der Waals surface area contributed by atoms with E-state index in [-0.39, 0.29) is 17.0 Å². The normalized spacial score (nSPS) is 23.5. The third-order valence-corrected chi connectivity index (χ3v) is 5.26. The number of rotatable bonds is 5. The van der Waals surface area contributed by atoms with Crippen LogP contribution in [0.25, 0.3) is 0 Å². The Hall–Kier alpha value is -1.11. The summed E-state index contributed by atoms with van der Waals surface area (Å²) in [5.41, 5.74) is 0.635. The van der Waals surface area contributed by atoms with Gasteiger partial charge in [0.15, 0.2) is 0 Å². The maximum Gasteiger partial charge on any atom is 0.242 e. The summed E-state index contributed by atoms with van der Waals surface area (Å²) in [4.78, 5) is 0.280. The van der Waals surface area contributed by atoms with E-state index in [0.717, 1.165) is 25.7 Å². The number of sulfonamides is 1. The fourth-order valence-electron chi connectivity index (χ4n) is 2.67. The third-order valence-electron chi connectivity index (χ3n) is 3.79. The summed E-state index contributed by atoms with van der Waals surface area (Å²) in [6, 6.07) is 7.12. The molecule has 20 heavy (non-hydrogen) atoms. The van der Waals surface area contributed by atoms with Crippen LogP contribution in [0.1, 0.15) is 25.7 Å². The largest absolute Gasteiger partial charge is 0.379 e. The Bertz CT molecular complexity index is 545. The third kappa shape index (κ3) is 3.31. The number of hydrogen-bond acceptors (Lipinski definition) is 4. The Labute approximate surface area is 120 Å². The van der Waals surface area contributed by atoms with Gasteiger partial charge in [-0.25, -0.2) is 13.1 Å². The van der Waals surface area contributed by atoms with E-state index >= 15 is 0 Å². The SMILES string of the molecule is CNS(=O)(=O)c1ccccc1NC1CCCCC1OC. The molecule has 1 aromatic rings. The Morgan fingerprint density at radius 3 is 2.60 bits per heavy atom. The second-order valence-corrected chi connectivity index (χ2v) is 6.87. The first kappa shape index (κ1) is 15.3. The fourth-order valence-corrected chi connectivity index (χ4v) is 3.57. The summed E-state index contributed by atoms with van der Waals surface area (Å²) in [7, 11) is -0.327. The van der Waals surface area contributed by atoms with Crippen LogP contribution in [-0.4, -0.2) is 34.7 Å². The van der Waals surface area contributed by atoms with E-state index in [9.17, 15) is 8.42 Å². The maximum atomic E-state index is 12.0. The van der Waals surface area contributed by atoms with Crippen LogP contribution in [0.2, 0.25) is 0 Å². The van der Waals surface area contributed by atoms with Crippen molar-refractivity contribution in [1.29, 1.82) is 0 Å². The number of nitrogens with one attached hydrogen (secondary N) is 2. The second-order valence-electron chi connectivity index (χ2n) is 5.01. The van der Waals surface area contributed by atoms with Crippen LogP contribution in [0.5, 0.6) is 0 Å². The smallest absolute Gasteiger partial charge is 0.242 e. The average molecular weight is 298 g/mol. The van der Waals surface area contributed by atoms with Gasteiger partial charge in [0.05, 0.1) is 17.8 Å². The monoisotopic (exact) mass is 298 g/mol. The molecular formula is C14H22N2O3S. The summed E-state index contributed by atoms with van der Waals surface area (Å²) < 4.78 is 31.9. The van der Waals surface area contributed by atoms with Crippen molar-refractivity contribution in [3.63, 3.8) is 0 Å². The molecule has 0 amide bonds. The zero-order valence-electron chi connectivity index (χ0n) is 11.9. The molecule has 0 aromatic heterocycles.